The van der Waals surface area contributed by atoms with Crippen LogP contribution in [0.1, 0.15) is 36.5 Å². The highest BCUT2D eigenvalue weighted by molar-refractivity contribution is 7.99. The van der Waals surface area contributed by atoms with Gasteiger partial charge in [-0.15, -0.1) is 0 Å². The Balaban J connectivity index is 1.16. The van der Waals surface area contributed by atoms with Crippen LogP contribution in [0, 0.1) is 0 Å². The van der Waals surface area contributed by atoms with Crippen molar-refractivity contribution in [1.29, 1.82) is 0 Å². The van der Waals surface area contributed by atoms with E-state index in [4.69, 9.17) is 11.5 Å². The molecular weight excluding hydrogens is 666 g/mol. The normalized spacial score (nSPS) is 12.8. The number of nitrogens with two attached hydrogens (primary N) is 2. The predicted molar refractivity (Wildman–Crippen MR) is 168 cm³/mol. The Hall–Kier alpha value is -4.95. The minimum atomic E-state index is -4.45. The second-order valence-electron chi connectivity index (χ2n) is 10.1. The molecule has 0 atom stereocenters. The van der Waals surface area contributed by atoms with Gasteiger partial charge in [0.2, 0.25) is 0 Å². The maximum Gasteiger partial charge on any atom is 0.408 e. The largest absolute Gasteiger partial charge is 0.408 e. The third-order valence-electron chi connectivity index (χ3n) is 6.11. The van der Waals surface area contributed by atoms with Crippen LogP contribution in [0.25, 0.3) is 11.6 Å². The molecule has 0 aliphatic heterocycles. The van der Waals surface area contributed by atoms with Crippen molar-refractivity contribution in [2.24, 2.45) is 21.5 Å². The fraction of sp³-hybridized carbons (Fsp3) is 0.407. The molecule has 0 unspecified atom stereocenters. The van der Waals surface area contributed by atoms with E-state index in [0.29, 0.717) is 41.2 Å². The second-order valence-corrected chi connectivity index (χ2v) is 11.2. The quantitative estimate of drug-likeness (QED) is 0.0258. The Morgan fingerprint density at radius 2 is 1.23 bits per heavy atom. The Morgan fingerprint density at radius 3 is 1.81 bits per heavy atom. The van der Waals surface area contributed by atoms with Crippen molar-refractivity contribution >= 4 is 35.3 Å². The molecule has 0 aliphatic carbocycles. The number of thioether (sulfide) groups is 1. The number of hydrogen-bond acceptors (Lipinski definition) is 9. The number of halogens is 6. The molecule has 4 aromatic rings. The summed E-state index contributed by atoms with van der Waals surface area (Å²) >= 11 is 1.39. The number of alkyl halides is 6. The maximum absolute atomic E-state index is 12.3. The molecule has 0 aliphatic rings. The fourth-order valence-corrected chi connectivity index (χ4v) is 4.77. The van der Waals surface area contributed by atoms with E-state index >= 15 is 0 Å². The van der Waals surface area contributed by atoms with Gasteiger partial charge in [0.1, 0.15) is 30.5 Å². The van der Waals surface area contributed by atoms with Crippen LogP contribution >= 0.6 is 11.8 Å². The molecule has 4 heterocycles. The average Bonchev–Trinajstić information content (AvgIpc) is 3.69. The van der Waals surface area contributed by atoms with Crippen molar-refractivity contribution in [2.45, 2.75) is 56.0 Å². The number of imidazole rings is 2. The molecule has 4 aromatic heterocycles. The van der Waals surface area contributed by atoms with E-state index in [0.717, 1.165) is 37.1 Å². The van der Waals surface area contributed by atoms with Crippen molar-refractivity contribution in [1.82, 2.24) is 39.9 Å². The number of aliphatic imine (C=N–C) groups is 2. The fourth-order valence-electron chi connectivity index (χ4n) is 4.00. The number of hydrogen-bond donors (Lipinski definition) is 6. The molecule has 0 bridgehead atoms. The number of nitrogens with one attached hydrogen (secondary N) is 4. The summed E-state index contributed by atoms with van der Waals surface area (Å²) in [5.41, 5.74) is 12.8. The smallest absolute Gasteiger partial charge is 0.370 e. The summed E-state index contributed by atoms with van der Waals surface area (Å²) in [6.45, 7) is -2.77. The number of aromatic amines is 2. The van der Waals surface area contributed by atoms with E-state index in [1.165, 1.54) is 36.3 Å². The Morgan fingerprint density at radius 1 is 0.708 bits per heavy atom. The lowest BCUT2D eigenvalue weighted by Crippen LogP contribution is -2.26. The van der Waals surface area contributed by atoms with Crippen LogP contribution in [-0.2, 0) is 19.3 Å². The molecule has 0 fully saturated rings. The number of unbranched alkanes of at least 4 members (excludes halogenated alkanes) is 1. The summed E-state index contributed by atoms with van der Waals surface area (Å²) in [5, 5.41) is 5.51. The Bertz CT molecular complexity index is 1540. The topological polar surface area (TPSA) is 210 Å². The molecule has 0 radical (unpaired) electrons. The predicted octanol–water partition coefficient (Wildman–Crippen LogP) is 4.25. The highest BCUT2D eigenvalue weighted by Gasteiger charge is 2.27. The Labute approximate surface area is 274 Å². The van der Waals surface area contributed by atoms with E-state index < -0.39 is 31.4 Å². The van der Waals surface area contributed by atoms with Gasteiger partial charge in [-0.2, -0.15) is 26.3 Å². The molecular formula is C27H32F6N14S. The van der Waals surface area contributed by atoms with Crippen molar-refractivity contribution < 1.29 is 26.3 Å². The number of aromatic nitrogens is 8. The minimum absolute atomic E-state index is 0.240. The minimum Gasteiger partial charge on any atom is -0.370 e. The second kappa shape index (κ2) is 16.7. The number of anilines is 2. The number of aryl methyl sites for hydroxylation is 3. The van der Waals surface area contributed by atoms with E-state index in [1.54, 1.807) is 12.4 Å². The van der Waals surface area contributed by atoms with E-state index in [-0.39, 0.29) is 17.6 Å². The van der Waals surface area contributed by atoms with Crippen molar-refractivity contribution in [3.8, 4) is 11.6 Å². The lowest BCUT2D eigenvalue weighted by atomic mass is 10.1. The zero-order valence-corrected chi connectivity index (χ0v) is 26.1. The standard InChI is InChI=1S/C27H32F6N14S/c28-26(29,30)14-40-23(34)45-19-7-9-36-18(44-19)6-2-1-4-16-12-38-21(42-16)22-39-13-17(43-22)5-3-11-48-25-37-10-8-20(47-25)46-24(35)41-15-27(31,32)33/h7-10,12-13H,1-6,11,14-15H2,(H,38,42)(H,39,43)(H3,34,36,40,44,45)(H3,35,37,41,46,47). The van der Waals surface area contributed by atoms with Gasteiger partial charge >= 0.3 is 12.4 Å². The van der Waals surface area contributed by atoms with Gasteiger partial charge in [-0.3, -0.25) is 0 Å². The third kappa shape index (κ3) is 13.0. The summed E-state index contributed by atoms with van der Waals surface area (Å²) < 4.78 is 73.9. The molecule has 0 saturated heterocycles. The van der Waals surface area contributed by atoms with Crippen LogP contribution in [0.15, 0.2) is 52.1 Å². The van der Waals surface area contributed by atoms with E-state index in [1.807, 2.05) is 0 Å². The van der Waals surface area contributed by atoms with E-state index in [9.17, 15) is 26.3 Å². The van der Waals surface area contributed by atoms with Gasteiger partial charge in [0.05, 0.1) is 0 Å². The van der Waals surface area contributed by atoms with Gasteiger partial charge in [-0.05, 0) is 44.2 Å². The van der Waals surface area contributed by atoms with Crippen LogP contribution in [0.3, 0.4) is 0 Å². The van der Waals surface area contributed by atoms with Gasteiger partial charge in [0, 0.05) is 48.3 Å². The first-order chi connectivity index (χ1) is 22.8. The lowest BCUT2D eigenvalue weighted by Gasteiger charge is -2.07. The first-order valence-corrected chi connectivity index (χ1v) is 15.4. The summed E-state index contributed by atoms with van der Waals surface area (Å²) in [6, 6.07) is 2.97. The summed E-state index contributed by atoms with van der Waals surface area (Å²) in [6.07, 6.45) is 1.87. The van der Waals surface area contributed by atoms with Gasteiger partial charge in [0.25, 0.3) is 0 Å². The SMILES string of the molecule is NC(=NCC(F)(F)F)Nc1ccnc(CCCCc2cnc(-c3ncc(CCCSc4nccc(NC(N)=NCC(F)(F)F)n4)[nH]3)[nH]2)n1. The molecule has 0 saturated carbocycles. The average molecular weight is 699 g/mol. The summed E-state index contributed by atoms with van der Waals surface area (Å²) in [5.74, 6) is 2.13. The highest BCUT2D eigenvalue weighted by Crippen LogP contribution is 2.19. The molecule has 258 valence electrons. The van der Waals surface area contributed by atoms with Crippen LogP contribution in [0.2, 0.25) is 0 Å². The molecule has 0 spiro atoms. The molecule has 0 amide bonds. The van der Waals surface area contributed by atoms with Gasteiger partial charge < -0.3 is 32.1 Å². The van der Waals surface area contributed by atoms with Crippen LogP contribution in [-0.4, -0.2) is 83.0 Å². The van der Waals surface area contributed by atoms with Gasteiger partial charge in [-0.1, -0.05) is 11.8 Å². The first-order valence-electron chi connectivity index (χ1n) is 14.4. The molecule has 0 aromatic carbocycles. The number of rotatable bonds is 15. The zero-order valence-electron chi connectivity index (χ0n) is 25.2. The number of nitrogens with zero attached hydrogens (tertiary/aromatic N) is 8. The van der Waals surface area contributed by atoms with Crippen LogP contribution < -0.4 is 22.1 Å². The van der Waals surface area contributed by atoms with Crippen LogP contribution in [0.4, 0.5) is 38.0 Å². The van der Waals surface area contributed by atoms with E-state index in [2.05, 4.69) is 60.5 Å². The molecule has 48 heavy (non-hydrogen) atoms. The molecule has 21 heteroatoms. The van der Waals surface area contributed by atoms with Crippen molar-refractivity contribution in [3.63, 3.8) is 0 Å². The van der Waals surface area contributed by atoms with Crippen molar-refractivity contribution in [3.05, 3.63) is 54.1 Å². The maximum atomic E-state index is 12.3. The zero-order chi connectivity index (χ0) is 34.6. The van der Waals surface area contributed by atoms with Crippen molar-refractivity contribution in [2.75, 3.05) is 29.5 Å². The molecule has 4 rings (SSSR count). The third-order valence-corrected chi connectivity index (χ3v) is 7.06. The molecule has 14 nitrogen and oxygen atoms in total. The first kappa shape index (κ1) is 35.9. The lowest BCUT2D eigenvalue weighted by molar-refractivity contribution is -0.119. The molecule has 8 N–H and O–H groups in total. The van der Waals surface area contributed by atoms with Gasteiger partial charge in [-0.25, -0.2) is 39.9 Å². The monoisotopic (exact) mass is 698 g/mol. The Kier molecular flexibility index (Phi) is 12.5. The highest BCUT2D eigenvalue weighted by atomic mass is 32.2. The number of guanidine groups is 2. The van der Waals surface area contributed by atoms with Gasteiger partial charge in [0.15, 0.2) is 28.7 Å². The summed E-state index contributed by atoms with van der Waals surface area (Å²) in [4.78, 5) is 38.7. The summed E-state index contributed by atoms with van der Waals surface area (Å²) in [7, 11) is 0. The van der Waals surface area contributed by atoms with Crippen LogP contribution in [0.5, 0.6) is 0 Å². The number of H-pyrrole nitrogens is 2.